The van der Waals surface area contributed by atoms with Crippen molar-refractivity contribution in [2.24, 2.45) is 0 Å². The van der Waals surface area contributed by atoms with Gasteiger partial charge in [0.1, 0.15) is 0 Å². The van der Waals surface area contributed by atoms with Gasteiger partial charge in [-0.05, 0) is 0 Å². The molecule has 6 heteroatoms. The van der Waals surface area contributed by atoms with Gasteiger partial charge in [0.05, 0.1) is 0 Å². The third-order valence-electron chi connectivity index (χ3n) is 0. The van der Waals surface area contributed by atoms with Crippen LogP contribution in [-0.4, -0.2) is 343 Å². The molecule has 6 radical (unpaired) electrons. The first-order valence-electron chi connectivity index (χ1n) is 0. The largest absolute Gasteiger partial charge is 0 e. The summed E-state index contributed by atoms with van der Waals surface area (Å²) in [5.41, 5.74) is 0. The normalized spacial score (nSPS) is 0. The smallest absolute Gasteiger partial charge is 0 e. The summed E-state index contributed by atoms with van der Waals surface area (Å²) >= 11 is 0. The van der Waals surface area contributed by atoms with Gasteiger partial charge in [-0.25, -0.2) is 0 Å². The maximum Gasteiger partial charge on any atom is 0 e. The first-order valence-corrected chi connectivity index (χ1v) is 0. The van der Waals surface area contributed by atoms with Crippen molar-refractivity contribution in [2.75, 3.05) is 0 Å². The van der Waals surface area contributed by atoms with Crippen LogP contribution in [0.4, 0.5) is 0 Å². The molecule has 0 aromatic heterocycles. The Balaban J connectivity index is 0. The summed E-state index contributed by atoms with van der Waals surface area (Å²) in [6, 6.07) is 0. The van der Waals surface area contributed by atoms with Crippen molar-refractivity contribution >= 4 is 343 Å². The second-order valence-electron chi connectivity index (χ2n) is 0. The van der Waals surface area contributed by atoms with E-state index in [1.165, 1.54) is 0 Å². The third-order valence-corrected chi connectivity index (χ3v) is 0. The molecule has 0 fully saturated rings. The molecule has 0 aliphatic rings. The van der Waals surface area contributed by atoms with Crippen molar-refractivity contribution in [1.29, 1.82) is 0 Å². The molecule has 6 valence electrons. The molecule has 0 heterocycles. The Morgan fingerprint density at radius 2 is 0.333 bits per heavy atom. The average Bonchev–Trinajstić information content (AvgIpc) is 0. The van der Waals surface area contributed by atoms with Crippen LogP contribution in [0.15, 0.2) is 0 Å². The maximum atomic E-state index is 0. The summed E-state index contributed by atoms with van der Waals surface area (Å²) in [5.74, 6) is 0. The van der Waals surface area contributed by atoms with Crippen LogP contribution < -0.4 is 0 Å². The minimum Gasteiger partial charge on any atom is 0 e. The van der Waals surface area contributed by atoms with Crippen molar-refractivity contribution in [3.8, 4) is 0 Å². The fraction of sp³-hybridized carbons (Fsp3) is 0. The molecule has 0 atom stereocenters. The van der Waals surface area contributed by atoms with Gasteiger partial charge in [-0.2, -0.15) is 0 Å². The number of hydrogen-bond donors (Lipinski definition) is 0. The molecule has 0 rings (SSSR count). The fourth-order valence-electron chi connectivity index (χ4n) is 0. The van der Waals surface area contributed by atoms with Gasteiger partial charge < -0.3 is 0 Å². The van der Waals surface area contributed by atoms with Gasteiger partial charge >= 0.3 is 0 Å². The standard InChI is InChI=1S/2Cs.4K. The summed E-state index contributed by atoms with van der Waals surface area (Å²) in [6.07, 6.45) is 0. The van der Waals surface area contributed by atoms with Crippen LogP contribution in [0.1, 0.15) is 0 Å². The third kappa shape index (κ3) is 24.1. The van der Waals surface area contributed by atoms with Crippen LogP contribution in [0, 0.1) is 0 Å². The zero-order valence-corrected chi connectivity index (χ0v) is 31.1. The molecule has 0 amide bonds. The van der Waals surface area contributed by atoms with Crippen molar-refractivity contribution in [1.82, 2.24) is 0 Å². The SMILES string of the molecule is [Cs].[Cs].[K].[K].[K].[K]. The molecular formula is Cs2K4. The number of rotatable bonds is 0. The molecule has 0 aliphatic carbocycles. The quantitative estimate of drug-likeness (QED) is 0.386. The van der Waals surface area contributed by atoms with E-state index >= 15 is 0 Å². The van der Waals surface area contributed by atoms with Crippen LogP contribution in [0.25, 0.3) is 0 Å². The van der Waals surface area contributed by atoms with Gasteiger partial charge in [0.2, 0.25) is 0 Å². The molecule has 0 bridgehead atoms. The molecule has 0 saturated heterocycles. The Bertz CT molecular complexity index is 5.51. The van der Waals surface area contributed by atoms with Crippen molar-refractivity contribution in [2.45, 2.75) is 0 Å². The van der Waals surface area contributed by atoms with Crippen LogP contribution >= 0.6 is 0 Å². The van der Waals surface area contributed by atoms with E-state index in [2.05, 4.69) is 0 Å². The maximum absolute atomic E-state index is 0. The van der Waals surface area contributed by atoms with Gasteiger partial charge in [0, 0.05) is 343 Å². The molecule has 0 unspecified atom stereocenters. The molecular weight excluding hydrogens is 422 g/mol. The van der Waals surface area contributed by atoms with E-state index in [9.17, 15) is 0 Å². The second-order valence-corrected chi connectivity index (χ2v) is 0. The molecule has 6 heavy (non-hydrogen) atoms. The molecule has 0 saturated carbocycles. The van der Waals surface area contributed by atoms with E-state index < -0.39 is 0 Å². The Hall–Kier alpha value is 10.6. The van der Waals surface area contributed by atoms with Gasteiger partial charge in [-0.1, -0.05) is 0 Å². The first-order chi connectivity index (χ1) is 0. The van der Waals surface area contributed by atoms with Crippen molar-refractivity contribution in [3.63, 3.8) is 0 Å². The second kappa shape index (κ2) is 29.6. The first kappa shape index (κ1) is 36.0. The van der Waals surface area contributed by atoms with E-state index in [1.54, 1.807) is 0 Å². The van der Waals surface area contributed by atoms with Gasteiger partial charge in [0.25, 0.3) is 0 Å². The zero-order valence-electron chi connectivity index (χ0n) is 6.00. The zero-order chi connectivity index (χ0) is 0. The Labute approximate surface area is 328 Å². The van der Waals surface area contributed by atoms with E-state index in [-0.39, 0.29) is 343 Å². The predicted molar refractivity (Wildman–Crippen MR) is 34.5 cm³/mol. The van der Waals surface area contributed by atoms with Crippen molar-refractivity contribution in [3.05, 3.63) is 0 Å². The molecule has 0 aromatic rings. The summed E-state index contributed by atoms with van der Waals surface area (Å²) in [4.78, 5) is 0. The van der Waals surface area contributed by atoms with Gasteiger partial charge in [-0.3, -0.25) is 0 Å². The minimum absolute atomic E-state index is 0. The Morgan fingerprint density at radius 3 is 0.333 bits per heavy atom. The number of hydrogen-bond acceptors (Lipinski definition) is 0. The van der Waals surface area contributed by atoms with E-state index in [0.29, 0.717) is 0 Å². The van der Waals surface area contributed by atoms with Crippen LogP contribution in [0.2, 0.25) is 0 Å². The van der Waals surface area contributed by atoms with Crippen molar-refractivity contribution < 1.29 is 0 Å². The summed E-state index contributed by atoms with van der Waals surface area (Å²) in [7, 11) is 0. The van der Waals surface area contributed by atoms with E-state index in [0.717, 1.165) is 0 Å². The molecule has 0 N–H and O–H groups in total. The molecule has 0 aromatic carbocycles. The Morgan fingerprint density at radius 1 is 0.333 bits per heavy atom. The monoisotopic (exact) mass is 422 g/mol. The molecule has 0 spiro atoms. The predicted octanol–water partition coefficient (Wildman–Crippen LogP) is -2.28. The Kier molecular flexibility index (Phi) is 177. The van der Waals surface area contributed by atoms with E-state index in [4.69, 9.17) is 0 Å². The summed E-state index contributed by atoms with van der Waals surface area (Å²) in [5, 5.41) is 0. The summed E-state index contributed by atoms with van der Waals surface area (Å²) < 4.78 is 0. The van der Waals surface area contributed by atoms with Crippen LogP contribution in [0.5, 0.6) is 0 Å². The van der Waals surface area contributed by atoms with Crippen LogP contribution in [0.3, 0.4) is 0 Å². The van der Waals surface area contributed by atoms with Gasteiger partial charge in [0.15, 0.2) is 0 Å². The fourth-order valence-corrected chi connectivity index (χ4v) is 0. The topological polar surface area (TPSA) is 0 Å². The van der Waals surface area contributed by atoms with Gasteiger partial charge in [-0.15, -0.1) is 0 Å². The van der Waals surface area contributed by atoms with E-state index in [1.807, 2.05) is 0 Å². The molecule has 0 aliphatic heterocycles. The van der Waals surface area contributed by atoms with Crippen LogP contribution in [-0.2, 0) is 0 Å². The minimum atomic E-state index is 0. The molecule has 0 nitrogen and oxygen atoms in total. The average molecular weight is 422 g/mol. The summed E-state index contributed by atoms with van der Waals surface area (Å²) in [6.45, 7) is 0.